The van der Waals surface area contributed by atoms with Gasteiger partial charge in [0.15, 0.2) is 0 Å². The zero-order valence-electron chi connectivity index (χ0n) is 16.6. The average molecular weight is 454 g/mol. The van der Waals surface area contributed by atoms with E-state index in [1.54, 1.807) is 0 Å². The van der Waals surface area contributed by atoms with E-state index in [2.05, 4.69) is 56.9 Å². The number of hydrogen-bond donors (Lipinski definition) is 0. The molecule has 6 heteroatoms. The van der Waals surface area contributed by atoms with Crippen LogP contribution in [0.25, 0.3) is 6.08 Å². The molecule has 0 atom stereocenters. The van der Waals surface area contributed by atoms with E-state index in [1.807, 2.05) is 41.1 Å². The molecule has 0 aromatic heterocycles. The molecular formula is C23H25N3O2Se. The Bertz CT molecular complexity index is 905. The van der Waals surface area contributed by atoms with Gasteiger partial charge in [-0.3, -0.25) is 0 Å². The Hall–Kier alpha value is -2.40. The van der Waals surface area contributed by atoms with Gasteiger partial charge in [0.1, 0.15) is 0 Å². The van der Waals surface area contributed by atoms with Crippen molar-refractivity contribution >= 4 is 37.9 Å². The number of nitrogens with zero attached hydrogens (tertiary/aromatic N) is 3. The van der Waals surface area contributed by atoms with Gasteiger partial charge >= 0.3 is 180 Å². The molecule has 2 aromatic rings. The molecule has 2 fully saturated rings. The van der Waals surface area contributed by atoms with Crippen LogP contribution < -0.4 is 4.90 Å². The molecule has 150 valence electrons. The van der Waals surface area contributed by atoms with Gasteiger partial charge in [0, 0.05) is 0 Å². The molecule has 2 saturated heterocycles. The summed E-state index contributed by atoms with van der Waals surface area (Å²) < 4.78 is 6.27. The molecule has 29 heavy (non-hydrogen) atoms. The van der Waals surface area contributed by atoms with Crippen LogP contribution in [-0.2, 0) is 16.0 Å². The van der Waals surface area contributed by atoms with Gasteiger partial charge in [-0.2, -0.15) is 0 Å². The number of benzene rings is 2. The number of ether oxygens (including phenoxy) is 1. The molecule has 0 unspecified atom stereocenters. The van der Waals surface area contributed by atoms with Crippen LogP contribution in [0.4, 0.5) is 5.69 Å². The van der Waals surface area contributed by atoms with Crippen LogP contribution in [0.15, 0.2) is 60.3 Å². The maximum absolute atomic E-state index is 13.0. The number of hydrogen-bond acceptors (Lipinski definition) is 4. The van der Waals surface area contributed by atoms with E-state index in [0.717, 1.165) is 43.0 Å². The first-order valence-electron chi connectivity index (χ1n) is 9.91. The standard InChI is InChI=1S/C23H25N3O2Se/c1-24-21(17-19-7-9-20(10-8-19)25-13-15-28-16-14-25)22(27)26(23(24)29)12-11-18-5-3-2-4-6-18/h2-10,17H,11-16H2,1H3/b21-17+. The Labute approximate surface area is 179 Å². The molecule has 2 heterocycles. The van der Waals surface area contributed by atoms with E-state index in [9.17, 15) is 4.79 Å². The van der Waals surface area contributed by atoms with Gasteiger partial charge < -0.3 is 0 Å². The molecule has 0 bridgehead atoms. The molecule has 0 aliphatic carbocycles. The third-order valence-electron chi connectivity index (χ3n) is 5.38. The van der Waals surface area contributed by atoms with Crippen LogP contribution in [0.5, 0.6) is 0 Å². The third-order valence-corrected chi connectivity index (χ3v) is 6.42. The fourth-order valence-electron chi connectivity index (χ4n) is 3.65. The van der Waals surface area contributed by atoms with Gasteiger partial charge in [0.2, 0.25) is 0 Å². The molecule has 5 nitrogen and oxygen atoms in total. The zero-order chi connectivity index (χ0) is 20.2. The Morgan fingerprint density at radius 1 is 1.03 bits per heavy atom. The van der Waals surface area contributed by atoms with Gasteiger partial charge in [-0.25, -0.2) is 0 Å². The van der Waals surface area contributed by atoms with Gasteiger partial charge in [-0.1, -0.05) is 0 Å². The van der Waals surface area contributed by atoms with E-state index in [0.29, 0.717) is 12.2 Å². The van der Waals surface area contributed by atoms with Crippen molar-refractivity contribution in [1.29, 1.82) is 0 Å². The molecule has 2 aliphatic heterocycles. The van der Waals surface area contributed by atoms with Crippen molar-refractivity contribution in [1.82, 2.24) is 9.80 Å². The van der Waals surface area contributed by atoms with E-state index in [-0.39, 0.29) is 5.91 Å². The summed E-state index contributed by atoms with van der Waals surface area (Å²) in [4.78, 5) is 19.1. The minimum atomic E-state index is 0.0365. The number of rotatable bonds is 5. The second kappa shape index (κ2) is 8.95. The number of likely N-dealkylation sites (N-methyl/N-ethyl adjacent to an activating group) is 1. The quantitative estimate of drug-likeness (QED) is 0.513. The topological polar surface area (TPSA) is 36.0 Å². The third kappa shape index (κ3) is 4.45. The van der Waals surface area contributed by atoms with E-state index < -0.39 is 0 Å². The predicted molar refractivity (Wildman–Crippen MR) is 118 cm³/mol. The van der Waals surface area contributed by atoms with Crippen LogP contribution in [-0.4, -0.2) is 75.8 Å². The second-order valence-electron chi connectivity index (χ2n) is 7.25. The zero-order valence-corrected chi connectivity index (χ0v) is 18.3. The molecule has 0 N–H and O–H groups in total. The molecule has 0 radical (unpaired) electrons. The van der Waals surface area contributed by atoms with Crippen LogP contribution in [0.1, 0.15) is 11.1 Å². The molecule has 4 rings (SSSR count). The SMILES string of the molecule is CN1C(=[Se])N(CCc2ccccc2)C(=O)/C1=C\c1ccc(N2CCOCC2)cc1. The van der Waals surface area contributed by atoms with Gasteiger partial charge in [-0.05, 0) is 0 Å². The van der Waals surface area contributed by atoms with Crippen LogP contribution in [0.3, 0.4) is 0 Å². The van der Waals surface area contributed by atoms with Crippen molar-refractivity contribution in [3.63, 3.8) is 0 Å². The van der Waals surface area contributed by atoms with Crippen molar-refractivity contribution < 1.29 is 9.53 Å². The summed E-state index contributed by atoms with van der Waals surface area (Å²) in [5, 5.41) is 0. The first-order chi connectivity index (χ1) is 14.1. The van der Waals surface area contributed by atoms with Crippen LogP contribution in [0.2, 0.25) is 0 Å². The molecular weight excluding hydrogens is 429 g/mol. The van der Waals surface area contributed by atoms with Crippen LogP contribution in [0, 0.1) is 0 Å². The second-order valence-corrected chi connectivity index (χ2v) is 8.02. The van der Waals surface area contributed by atoms with Crippen molar-refractivity contribution in [3.05, 3.63) is 71.4 Å². The number of carbonyl (C=O) groups excluding carboxylic acids is 1. The summed E-state index contributed by atoms with van der Waals surface area (Å²) in [6.07, 6.45) is 2.79. The van der Waals surface area contributed by atoms with Crippen molar-refractivity contribution in [3.8, 4) is 0 Å². The Morgan fingerprint density at radius 2 is 1.72 bits per heavy atom. The molecule has 2 aliphatic rings. The molecule has 1 amide bonds. The summed E-state index contributed by atoms with van der Waals surface area (Å²) in [5.74, 6) is 0.0365. The van der Waals surface area contributed by atoms with E-state index in [1.165, 1.54) is 11.3 Å². The first kappa shape index (κ1) is 19.9. The monoisotopic (exact) mass is 455 g/mol. The van der Waals surface area contributed by atoms with Crippen LogP contribution >= 0.6 is 0 Å². The van der Waals surface area contributed by atoms with Gasteiger partial charge in [0.25, 0.3) is 0 Å². The number of anilines is 1. The summed E-state index contributed by atoms with van der Waals surface area (Å²) in [6.45, 7) is 4.04. The fourth-order valence-corrected chi connectivity index (χ4v) is 4.23. The number of morpholine rings is 1. The van der Waals surface area contributed by atoms with Crippen molar-refractivity contribution in [2.45, 2.75) is 6.42 Å². The molecule has 0 saturated carbocycles. The van der Waals surface area contributed by atoms with Gasteiger partial charge in [-0.15, -0.1) is 0 Å². The van der Waals surface area contributed by atoms with Crippen molar-refractivity contribution in [2.75, 3.05) is 44.8 Å². The predicted octanol–water partition coefficient (Wildman–Crippen LogP) is 2.14. The van der Waals surface area contributed by atoms with Gasteiger partial charge in [0.05, 0.1) is 0 Å². The summed E-state index contributed by atoms with van der Waals surface area (Å²) in [5.41, 5.74) is 4.13. The minimum absolute atomic E-state index is 0.0365. The number of carbonyl (C=O) groups is 1. The Morgan fingerprint density at radius 3 is 2.41 bits per heavy atom. The summed E-state index contributed by atoms with van der Waals surface area (Å²) >= 11 is 3.06. The van der Waals surface area contributed by atoms with E-state index in [4.69, 9.17) is 4.74 Å². The Balaban J connectivity index is 1.46. The average Bonchev–Trinajstić information content (AvgIpc) is 2.97. The summed E-state index contributed by atoms with van der Waals surface area (Å²) in [7, 11) is 1.93. The molecule has 0 spiro atoms. The Kier molecular flexibility index (Phi) is 6.14. The first-order valence-corrected chi connectivity index (χ1v) is 10.8. The summed E-state index contributed by atoms with van der Waals surface area (Å²) in [6, 6.07) is 18.6. The molecule has 2 aromatic carbocycles. The fraction of sp³-hybridized carbons (Fsp3) is 0.304. The maximum atomic E-state index is 13.0. The van der Waals surface area contributed by atoms with Crippen molar-refractivity contribution in [2.24, 2.45) is 0 Å². The normalized spacial score (nSPS) is 18.8. The number of amides is 1. The van der Waals surface area contributed by atoms with E-state index >= 15 is 0 Å².